The molecule has 0 saturated carbocycles. The van der Waals surface area contributed by atoms with Crippen molar-refractivity contribution in [3.63, 3.8) is 0 Å². The minimum atomic E-state index is -0.0357. The van der Waals surface area contributed by atoms with Gasteiger partial charge in [-0.3, -0.25) is 4.79 Å². The smallest absolute Gasteiger partial charge is 0.254 e. The van der Waals surface area contributed by atoms with Crippen molar-refractivity contribution in [1.29, 1.82) is 0 Å². The molecule has 1 amide bonds. The SMILES string of the molecule is CN(C)C(=O)c1ccc(NCCn2cccc2)nc1. The Hall–Kier alpha value is -2.30. The highest BCUT2D eigenvalue weighted by molar-refractivity contribution is 5.93. The van der Waals surface area contributed by atoms with E-state index in [1.165, 1.54) is 4.90 Å². The number of nitrogens with zero attached hydrogens (tertiary/aromatic N) is 3. The van der Waals surface area contributed by atoms with Crippen LogP contribution >= 0.6 is 0 Å². The van der Waals surface area contributed by atoms with Crippen LogP contribution in [-0.2, 0) is 6.54 Å². The number of anilines is 1. The lowest BCUT2D eigenvalue weighted by atomic mass is 10.2. The second-order valence-electron chi connectivity index (χ2n) is 4.48. The van der Waals surface area contributed by atoms with Crippen molar-refractivity contribution in [3.8, 4) is 0 Å². The number of carbonyl (C=O) groups excluding carboxylic acids is 1. The lowest BCUT2D eigenvalue weighted by Gasteiger charge is -2.10. The maximum atomic E-state index is 11.7. The van der Waals surface area contributed by atoms with Crippen LogP contribution in [0.2, 0.25) is 0 Å². The van der Waals surface area contributed by atoms with Crippen molar-refractivity contribution in [2.75, 3.05) is 26.0 Å². The van der Waals surface area contributed by atoms with Gasteiger partial charge in [0.15, 0.2) is 0 Å². The van der Waals surface area contributed by atoms with Crippen LogP contribution in [0.5, 0.6) is 0 Å². The predicted molar refractivity (Wildman–Crippen MR) is 75.2 cm³/mol. The molecule has 2 aromatic heterocycles. The van der Waals surface area contributed by atoms with E-state index in [2.05, 4.69) is 14.9 Å². The van der Waals surface area contributed by atoms with E-state index in [4.69, 9.17) is 0 Å². The first kappa shape index (κ1) is 13.1. The van der Waals surface area contributed by atoms with Crippen LogP contribution < -0.4 is 5.32 Å². The zero-order valence-corrected chi connectivity index (χ0v) is 11.2. The Morgan fingerprint density at radius 2 is 2.05 bits per heavy atom. The summed E-state index contributed by atoms with van der Waals surface area (Å²) in [5.41, 5.74) is 0.598. The molecule has 0 fully saturated rings. The standard InChI is InChI=1S/C14H18N4O/c1-17(2)14(19)12-5-6-13(16-11-12)15-7-10-18-8-3-4-9-18/h3-6,8-9,11H,7,10H2,1-2H3,(H,15,16). The average molecular weight is 258 g/mol. The van der Waals surface area contributed by atoms with Gasteiger partial charge >= 0.3 is 0 Å². The van der Waals surface area contributed by atoms with Gasteiger partial charge in [-0.05, 0) is 24.3 Å². The summed E-state index contributed by atoms with van der Waals surface area (Å²) in [4.78, 5) is 17.5. The molecule has 2 heterocycles. The van der Waals surface area contributed by atoms with Gasteiger partial charge in [0.2, 0.25) is 0 Å². The third kappa shape index (κ3) is 3.58. The molecule has 0 bridgehead atoms. The zero-order chi connectivity index (χ0) is 13.7. The van der Waals surface area contributed by atoms with Gasteiger partial charge in [-0.1, -0.05) is 0 Å². The first-order valence-corrected chi connectivity index (χ1v) is 6.19. The zero-order valence-electron chi connectivity index (χ0n) is 11.2. The van der Waals surface area contributed by atoms with Gasteiger partial charge in [0.05, 0.1) is 5.56 Å². The average Bonchev–Trinajstić information content (AvgIpc) is 2.92. The van der Waals surface area contributed by atoms with E-state index in [9.17, 15) is 4.79 Å². The number of pyridine rings is 1. The van der Waals surface area contributed by atoms with Crippen LogP contribution in [0, 0.1) is 0 Å². The molecule has 0 saturated heterocycles. The predicted octanol–water partition coefficient (Wildman–Crippen LogP) is 1.70. The van der Waals surface area contributed by atoms with Gasteiger partial charge in [-0.25, -0.2) is 4.98 Å². The van der Waals surface area contributed by atoms with Crippen LogP contribution in [0.25, 0.3) is 0 Å². The monoisotopic (exact) mass is 258 g/mol. The van der Waals surface area contributed by atoms with Crippen LogP contribution in [0.1, 0.15) is 10.4 Å². The molecule has 1 N–H and O–H groups in total. The van der Waals surface area contributed by atoms with E-state index < -0.39 is 0 Å². The molecule has 19 heavy (non-hydrogen) atoms. The van der Waals surface area contributed by atoms with Crippen molar-refractivity contribution in [1.82, 2.24) is 14.5 Å². The Morgan fingerprint density at radius 3 is 2.63 bits per heavy atom. The minimum Gasteiger partial charge on any atom is -0.368 e. The largest absolute Gasteiger partial charge is 0.368 e. The molecule has 0 unspecified atom stereocenters. The second kappa shape index (κ2) is 6.04. The lowest BCUT2D eigenvalue weighted by molar-refractivity contribution is 0.0827. The van der Waals surface area contributed by atoms with E-state index in [0.29, 0.717) is 5.56 Å². The van der Waals surface area contributed by atoms with Crippen LogP contribution in [0.3, 0.4) is 0 Å². The Balaban J connectivity index is 1.86. The number of amides is 1. The van der Waals surface area contributed by atoms with Crippen molar-refractivity contribution in [2.24, 2.45) is 0 Å². The second-order valence-corrected chi connectivity index (χ2v) is 4.48. The quantitative estimate of drug-likeness (QED) is 0.888. The van der Waals surface area contributed by atoms with E-state index in [0.717, 1.165) is 18.9 Å². The molecule has 5 heteroatoms. The summed E-state index contributed by atoms with van der Waals surface area (Å²) < 4.78 is 2.09. The van der Waals surface area contributed by atoms with Crippen LogP contribution in [0.15, 0.2) is 42.9 Å². The van der Waals surface area contributed by atoms with E-state index in [-0.39, 0.29) is 5.91 Å². The molecule has 0 radical (unpaired) electrons. The first-order chi connectivity index (χ1) is 9.16. The molecule has 0 atom stereocenters. The number of hydrogen-bond acceptors (Lipinski definition) is 3. The Labute approximate surface area is 112 Å². The number of aromatic nitrogens is 2. The number of carbonyl (C=O) groups is 1. The summed E-state index contributed by atoms with van der Waals surface area (Å²) in [6.07, 6.45) is 5.64. The minimum absolute atomic E-state index is 0.0357. The summed E-state index contributed by atoms with van der Waals surface area (Å²) in [6.45, 7) is 1.68. The van der Waals surface area contributed by atoms with Gasteiger partial charge in [0.1, 0.15) is 5.82 Å². The topological polar surface area (TPSA) is 50.2 Å². The van der Waals surface area contributed by atoms with Crippen LogP contribution in [-0.4, -0.2) is 41.0 Å². The fourth-order valence-corrected chi connectivity index (χ4v) is 1.72. The summed E-state index contributed by atoms with van der Waals surface area (Å²) in [5, 5.41) is 3.22. The third-order valence-corrected chi connectivity index (χ3v) is 2.76. The Kier molecular flexibility index (Phi) is 4.18. The Bertz CT molecular complexity index is 517. The molecule has 2 rings (SSSR count). The van der Waals surface area contributed by atoms with Gasteiger partial charge in [0, 0.05) is 45.8 Å². The highest BCUT2D eigenvalue weighted by Gasteiger charge is 2.07. The van der Waals surface area contributed by atoms with Crippen molar-refractivity contribution >= 4 is 11.7 Å². The lowest BCUT2D eigenvalue weighted by Crippen LogP contribution is -2.21. The van der Waals surface area contributed by atoms with Crippen molar-refractivity contribution in [3.05, 3.63) is 48.4 Å². The van der Waals surface area contributed by atoms with Gasteiger partial charge in [-0.2, -0.15) is 0 Å². The van der Waals surface area contributed by atoms with Crippen molar-refractivity contribution < 1.29 is 4.79 Å². The molecule has 0 aromatic carbocycles. The molecule has 5 nitrogen and oxygen atoms in total. The van der Waals surface area contributed by atoms with Gasteiger partial charge in [0.25, 0.3) is 5.91 Å². The van der Waals surface area contributed by atoms with Crippen molar-refractivity contribution in [2.45, 2.75) is 6.54 Å². The molecule has 0 aliphatic carbocycles. The fraction of sp³-hybridized carbons (Fsp3) is 0.286. The highest BCUT2D eigenvalue weighted by atomic mass is 16.2. The van der Waals surface area contributed by atoms with Gasteiger partial charge in [-0.15, -0.1) is 0 Å². The first-order valence-electron chi connectivity index (χ1n) is 6.19. The molecular formula is C14H18N4O. The van der Waals surface area contributed by atoms with E-state index in [1.807, 2.05) is 30.6 Å². The fourth-order valence-electron chi connectivity index (χ4n) is 1.72. The van der Waals surface area contributed by atoms with Crippen LogP contribution in [0.4, 0.5) is 5.82 Å². The molecule has 0 aliphatic heterocycles. The molecule has 100 valence electrons. The molecule has 0 spiro atoms. The number of rotatable bonds is 5. The molecular weight excluding hydrogens is 240 g/mol. The molecule has 0 aliphatic rings. The van der Waals surface area contributed by atoms with Gasteiger partial charge < -0.3 is 14.8 Å². The number of nitrogens with one attached hydrogen (secondary N) is 1. The highest BCUT2D eigenvalue weighted by Crippen LogP contribution is 2.06. The Morgan fingerprint density at radius 1 is 1.32 bits per heavy atom. The maximum absolute atomic E-state index is 11.7. The summed E-state index contributed by atoms with van der Waals surface area (Å²) in [7, 11) is 3.46. The third-order valence-electron chi connectivity index (χ3n) is 2.76. The molecule has 2 aromatic rings. The summed E-state index contributed by atoms with van der Waals surface area (Å²) in [5.74, 6) is 0.744. The maximum Gasteiger partial charge on any atom is 0.254 e. The van der Waals surface area contributed by atoms with E-state index in [1.54, 1.807) is 26.4 Å². The summed E-state index contributed by atoms with van der Waals surface area (Å²) >= 11 is 0. The number of hydrogen-bond donors (Lipinski definition) is 1. The van der Waals surface area contributed by atoms with E-state index >= 15 is 0 Å². The summed E-state index contributed by atoms with van der Waals surface area (Å²) in [6, 6.07) is 7.61. The normalized spacial score (nSPS) is 10.2.